The molecule has 3 nitrogen and oxygen atoms in total. The molecule has 0 aliphatic heterocycles. The Morgan fingerprint density at radius 1 is 1.56 bits per heavy atom. The number of rotatable bonds is 3. The van der Waals surface area contributed by atoms with Crippen molar-refractivity contribution in [3.63, 3.8) is 0 Å². The Morgan fingerprint density at radius 3 is 3.11 bits per heavy atom. The maximum Gasteiger partial charge on any atom is 0.0828 e. The predicted octanol–water partition coefficient (Wildman–Crippen LogP) is 3.26. The summed E-state index contributed by atoms with van der Waals surface area (Å²) in [5.41, 5.74) is 9.00. The molecule has 1 unspecified atom stereocenters. The van der Waals surface area contributed by atoms with Gasteiger partial charge in [0.25, 0.3) is 0 Å². The molecule has 0 radical (unpaired) electrons. The number of nitrogens with zero attached hydrogens (tertiary/aromatic N) is 2. The van der Waals surface area contributed by atoms with Crippen molar-refractivity contribution in [2.45, 2.75) is 38.8 Å². The standard InChI is InChI=1S/C13H16BrN3S/c1-2-17-13(9(14)7-16-17)12(15)11-6-8-4-3-5-10(8)18-11/h6-7,12H,2-5,15H2,1H3. The summed E-state index contributed by atoms with van der Waals surface area (Å²) in [6, 6.07) is 2.22. The molecule has 0 spiro atoms. The highest BCUT2D eigenvalue weighted by atomic mass is 79.9. The third kappa shape index (κ3) is 1.94. The van der Waals surface area contributed by atoms with Gasteiger partial charge in [-0.25, -0.2) is 0 Å². The fraction of sp³-hybridized carbons (Fsp3) is 0.462. The van der Waals surface area contributed by atoms with Gasteiger partial charge in [0.2, 0.25) is 0 Å². The fourth-order valence-corrected chi connectivity index (χ4v) is 4.38. The average Bonchev–Trinajstić information content (AvgIpc) is 3.00. The van der Waals surface area contributed by atoms with Crippen molar-refractivity contribution in [3.05, 3.63) is 37.7 Å². The quantitative estimate of drug-likeness (QED) is 0.941. The van der Waals surface area contributed by atoms with Crippen LogP contribution in [0.25, 0.3) is 0 Å². The van der Waals surface area contributed by atoms with Gasteiger partial charge < -0.3 is 5.73 Å². The molecule has 2 aromatic rings. The summed E-state index contributed by atoms with van der Waals surface area (Å²) < 4.78 is 2.98. The van der Waals surface area contributed by atoms with Crippen molar-refractivity contribution in [2.75, 3.05) is 0 Å². The Labute approximate surface area is 119 Å². The number of hydrogen-bond donors (Lipinski definition) is 1. The minimum absolute atomic E-state index is 0.0718. The van der Waals surface area contributed by atoms with E-state index in [1.165, 1.54) is 34.6 Å². The van der Waals surface area contributed by atoms with E-state index in [0.29, 0.717) is 0 Å². The second-order valence-electron chi connectivity index (χ2n) is 4.62. The maximum absolute atomic E-state index is 6.42. The SMILES string of the molecule is CCn1ncc(Br)c1C(N)c1cc2c(s1)CCC2. The smallest absolute Gasteiger partial charge is 0.0828 e. The van der Waals surface area contributed by atoms with Crippen molar-refractivity contribution < 1.29 is 0 Å². The van der Waals surface area contributed by atoms with E-state index >= 15 is 0 Å². The summed E-state index contributed by atoms with van der Waals surface area (Å²) in [5.74, 6) is 0. The van der Waals surface area contributed by atoms with Gasteiger partial charge in [-0.05, 0) is 53.7 Å². The van der Waals surface area contributed by atoms with Crippen LogP contribution in [0.3, 0.4) is 0 Å². The lowest BCUT2D eigenvalue weighted by molar-refractivity contribution is 0.602. The van der Waals surface area contributed by atoms with E-state index in [1.807, 2.05) is 22.2 Å². The first-order valence-electron chi connectivity index (χ1n) is 6.29. The predicted molar refractivity (Wildman–Crippen MR) is 78.0 cm³/mol. The zero-order chi connectivity index (χ0) is 12.7. The van der Waals surface area contributed by atoms with Crippen molar-refractivity contribution in [2.24, 2.45) is 5.73 Å². The minimum Gasteiger partial charge on any atom is -0.318 e. The number of nitrogens with two attached hydrogens (primary N) is 1. The molecule has 0 bridgehead atoms. The van der Waals surface area contributed by atoms with Gasteiger partial charge in [0.05, 0.1) is 22.4 Å². The van der Waals surface area contributed by atoms with Crippen molar-refractivity contribution in [3.8, 4) is 0 Å². The molecular formula is C13H16BrN3S. The fourth-order valence-electron chi connectivity index (χ4n) is 2.57. The summed E-state index contributed by atoms with van der Waals surface area (Å²) >= 11 is 5.42. The molecule has 0 saturated carbocycles. The van der Waals surface area contributed by atoms with Crippen LogP contribution in [0.1, 0.15) is 40.4 Å². The second-order valence-corrected chi connectivity index (χ2v) is 6.64. The molecule has 0 aromatic carbocycles. The second kappa shape index (κ2) is 4.79. The number of thiophene rings is 1. The molecule has 1 aliphatic rings. The molecule has 1 atom stereocenters. The van der Waals surface area contributed by atoms with Gasteiger partial charge in [0.1, 0.15) is 0 Å². The number of hydrogen-bond acceptors (Lipinski definition) is 3. The third-order valence-corrected chi connectivity index (χ3v) is 5.43. The summed E-state index contributed by atoms with van der Waals surface area (Å²) in [6.45, 7) is 2.93. The maximum atomic E-state index is 6.42. The monoisotopic (exact) mass is 325 g/mol. The Kier molecular flexibility index (Phi) is 3.30. The Balaban J connectivity index is 1.98. The molecular weight excluding hydrogens is 310 g/mol. The van der Waals surface area contributed by atoms with Crippen LogP contribution in [0.2, 0.25) is 0 Å². The Hall–Kier alpha value is -0.650. The van der Waals surface area contributed by atoms with Gasteiger partial charge in [-0.2, -0.15) is 5.10 Å². The van der Waals surface area contributed by atoms with Crippen molar-refractivity contribution in [1.82, 2.24) is 9.78 Å². The minimum atomic E-state index is -0.0718. The van der Waals surface area contributed by atoms with Gasteiger partial charge in [0, 0.05) is 16.3 Å². The first-order chi connectivity index (χ1) is 8.70. The van der Waals surface area contributed by atoms with E-state index in [4.69, 9.17) is 5.73 Å². The molecule has 1 aliphatic carbocycles. The van der Waals surface area contributed by atoms with Crippen LogP contribution in [0, 0.1) is 0 Å². The highest BCUT2D eigenvalue weighted by Crippen LogP contribution is 2.36. The zero-order valence-electron chi connectivity index (χ0n) is 10.3. The molecule has 2 heterocycles. The number of aryl methyl sites for hydroxylation is 3. The lowest BCUT2D eigenvalue weighted by Gasteiger charge is -2.12. The molecule has 96 valence electrons. The van der Waals surface area contributed by atoms with Gasteiger partial charge in [0.15, 0.2) is 0 Å². The van der Waals surface area contributed by atoms with Crippen LogP contribution in [-0.4, -0.2) is 9.78 Å². The topological polar surface area (TPSA) is 43.8 Å². The van der Waals surface area contributed by atoms with E-state index in [-0.39, 0.29) is 6.04 Å². The number of halogens is 1. The van der Waals surface area contributed by atoms with Crippen LogP contribution < -0.4 is 5.73 Å². The first kappa shape index (κ1) is 12.4. The third-order valence-electron chi connectivity index (χ3n) is 3.50. The molecule has 18 heavy (non-hydrogen) atoms. The molecule has 3 rings (SSSR count). The zero-order valence-corrected chi connectivity index (χ0v) is 12.7. The van der Waals surface area contributed by atoms with E-state index in [2.05, 4.69) is 34.0 Å². The normalized spacial score (nSPS) is 15.9. The molecule has 0 saturated heterocycles. The first-order valence-corrected chi connectivity index (χ1v) is 7.90. The lowest BCUT2D eigenvalue weighted by atomic mass is 10.1. The Morgan fingerprint density at radius 2 is 2.39 bits per heavy atom. The van der Waals surface area contributed by atoms with Crippen molar-refractivity contribution >= 4 is 27.3 Å². The van der Waals surface area contributed by atoms with Crippen LogP contribution in [0.15, 0.2) is 16.7 Å². The van der Waals surface area contributed by atoms with E-state index in [0.717, 1.165) is 16.7 Å². The summed E-state index contributed by atoms with van der Waals surface area (Å²) in [6.07, 6.45) is 5.57. The lowest BCUT2D eigenvalue weighted by Crippen LogP contribution is -2.16. The van der Waals surface area contributed by atoms with Crippen molar-refractivity contribution in [1.29, 1.82) is 0 Å². The van der Waals surface area contributed by atoms with Crippen LogP contribution in [-0.2, 0) is 19.4 Å². The van der Waals surface area contributed by atoms with Gasteiger partial charge >= 0.3 is 0 Å². The summed E-state index contributed by atoms with van der Waals surface area (Å²) in [7, 11) is 0. The van der Waals surface area contributed by atoms with Crippen LogP contribution in [0.4, 0.5) is 0 Å². The summed E-state index contributed by atoms with van der Waals surface area (Å²) in [5, 5.41) is 4.34. The van der Waals surface area contributed by atoms with Crippen LogP contribution in [0.5, 0.6) is 0 Å². The van der Waals surface area contributed by atoms with E-state index in [9.17, 15) is 0 Å². The number of aromatic nitrogens is 2. The van der Waals surface area contributed by atoms with E-state index < -0.39 is 0 Å². The van der Waals surface area contributed by atoms with Gasteiger partial charge in [-0.3, -0.25) is 4.68 Å². The molecule has 2 aromatic heterocycles. The highest BCUT2D eigenvalue weighted by Gasteiger charge is 2.22. The number of fused-ring (bicyclic) bond motifs is 1. The molecule has 5 heteroatoms. The van der Waals surface area contributed by atoms with Gasteiger partial charge in [-0.1, -0.05) is 0 Å². The molecule has 2 N–H and O–H groups in total. The largest absolute Gasteiger partial charge is 0.318 e. The Bertz CT molecular complexity index is 551. The van der Waals surface area contributed by atoms with Crippen LogP contribution >= 0.6 is 27.3 Å². The highest BCUT2D eigenvalue weighted by molar-refractivity contribution is 9.10. The molecule has 0 amide bonds. The molecule has 0 fully saturated rings. The van der Waals surface area contributed by atoms with E-state index in [1.54, 1.807) is 0 Å². The summed E-state index contributed by atoms with van der Waals surface area (Å²) in [4.78, 5) is 2.79. The van der Waals surface area contributed by atoms with Gasteiger partial charge in [-0.15, -0.1) is 11.3 Å². The average molecular weight is 326 g/mol.